The van der Waals surface area contributed by atoms with Gasteiger partial charge in [0.25, 0.3) is 5.91 Å². The van der Waals surface area contributed by atoms with Crippen molar-refractivity contribution < 1.29 is 14.3 Å². The lowest BCUT2D eigenvalue weighted by atomic mass is 10.1. The third-order valence-corrected chi connectivity index (χ3v) is 6.19. The van der Waals surface area contributed by atoms with Gasteiger partial charge in [0.15, 0.2) is 0 Å². The Morgan fingerprint density at radius 2 is 1.91 bits per heavy atom. The molecule has 0 aliphatic carbocycles. The third kappa shape index (κ3) is 4.65. The number of nitrogens with one attached hydrogen (secondary N) is 2. The molecule has 1 aliphatic rings. The number of rotatable bonds is 7. The summed E-state index contributed by atoms with van der Waals surface area (Å²) in [7, 11) is 1.63. The Bertz CT molecular complexity index is 1350. The Labute approximate surface area is 202 Å². The van der Waals surface area contributed by atoms with E-state index in [1.807, 2.05) is 54.1 Å². The molecule has 3 heterocycles. The lowest BCUT2D eigenvalue weighted by Crippen LogP contribution is -2.36. The van der Waals surface area contributed by atoms with E-state index < -0.39 is 0 Å². The summed E-state index contributed by atoms with van der Waals surface area (Å²) in [5.74, 6) is 1.44. The highest BCUT2D eigenvalue weighted by molar-refractivity contribution is 5.95. The molecule has 5 rings (SSSR count). The van der Waals surface area contributed by atoms with Crippen LogP contribution < -0.4 is 15.0 Å². The van der Waals surface area contributed by atoms with Crippen LogP contribution in [0.5, 0.6) is 5.75 Å². The van der Waals surface area contributed by atoms with Crippen LogP contribution in [0.2, 0.25) is 0 Å². The van der Waals surface area contributed by atoms with Gasteiger partial charge in [0, 0.05) is 41.4 Å². The van der Waals surface area contributed by atoms with Gasteiger partial charge >= 0.3 is 0 Å². The molecule has 0 atom stereocenters. The van der Waals surface area contributed by atoms with E-state index in [9.17, 15) is 9.59 Å². The zero-order chi connectivity index (χ0) is 24.4. The minimum Gasteiger partial charge on any atom is -0.497 e. The van der Waals surface area contributed by atoms with Crippen LogP contribution in [0.25, 0.3) is 11.3 Å². The fourth-order valence-corrected chi connectivity index (χ4v) is 4.10. The SMILES string of the molecule is COc1ccc(-c2cc3n(n2)CCC(=O)N3Cc2ccc(C(=O)NCc3cn[nH]c3C)cc2)cc1. The molecule has 35 heavy (non-hydrogen) atoms. The van der Waals surface area contributed by atoms with Gasteiger partial charge in [0.05, 0.1) is 32.1 Å². The first kappa shape index (κ1) is 22.4. The van der Waals surface area contributed by atoms with E-state index in [4.69, 9.17) is 9.84 Å². The summed E-state index contributed by atoms with van der Waals surface area (Å²) >= 11 is 0. The number of carbonyl (C=O) groups is 2. The number of H-pyrrole nitrogens is 1. The molecular formula is C26H26N6O3. The van der Waals surface area contributed by atoms with Crippen molar-refractivity contribution in [2.75, 3.05) is 12.0 Å². The smallest absolute Gasteiger partial charge is 0.251 e. The lowest BCUT2D eigenvalue weighted by molar-refractivity contribution is -0.119. The molecule has 2 aromatic carbocycles. The van der Waals surface area contributed by atoms with Gasteiger partial charge < -0.3 is 10.1 Å². The van der Waals surface area contributed by atoms with E-state index >= 15 is 0 Å². The van der Waals surface area contributed by atoms with Gasteiger partial charge in [-0.1, -0.05) is 12.1 Å². The van der Waals surface area contributed by atoms with Crippen LogP contribution in [0.3, 0.4) is 0 Å². The molecule has 4 aromatic rings. The quantitative estimate of drug-likeness (QED) is 0.430. The van der Waals surface area contributed by atoms with E-state index in [1.54, 1.807) is 30.3 Å². The first-order valence-electron chi connectivity index (χ1n) is 11.4. The molecule has 0 unspecified atom stereocenters. The Morgan fingerprint density at radius 1 is 1.14 bits per heavy atom. The van der Waals surface area contributed by atoms with Gasteiger partial charge in [-0.3, -0.25) is 19.6 Å². The lowest BCUT2D eigenvalue weighted by Gasteiger charge is -2.27. The Kier molecular flexibility index (Phi) is 6.05. The molecule has 0 saturated heterocycles. The van der Waals surface area contributed by atoms with Crippen molar-refractivity contribution in [1.82, 2.24) is 25.3 Å². The van der Waals surface area contributed by atoms with Gasteiger partial charge in [-0.25, -0.2) is 4.68 Å². The normalized spacial score (nSPS) is 13.0. The largest absolute Gasteiger partial charge is 0.497 e. The van der Waals surface area contributed by atoms with Crippen molar-refractivity contribution in [3.05, 3.63) is 83.2 Å². The Morgan fingerprint density at radius 3 is 2.60 bits per heavy atom. The standard InChI is InChI=1S/C26H26N6O3/c1-17-21(15-28-29-17)14-27-26(34)20-5-3-18(4-6-20)16-31-24-13-23(30-32(24)12-11-25(31)33)19-7-9-22(35-2)10-8-19/h3-10,13,15H,11-12,14,16H2,1-2H3,(H,27,34)(H,28,29). The van der Waals surface area contributed by atoms with Crippen molar-refractivity contribution in [3.8, 4) is 17.0 Å². The maximum Gasteiger partial charge on any atom is 0.251 e. The zero-order valence-electron chi connectivity index (χ0n) is 19.6. The molecule has 2 aromatic heterocycles. The van der Waals surface area contributed by atoms with Gasteiger partial charge in [0.2, 0.25) is 5.91 Å². The molecule has 9 heteroatoms. The number of nitrogens with zero attached hydrogens (tertiary/aromatic N) is 4. The van der Waals surface area contributed by atoms with E-state index in [-0.39, 0.29) is 11.8 Å². The van der Waals surface area contributed by atoms with Crippen LogP contribution in [-0.2, 0) is 24.4 Å². The second-order valence-corrected chi connectivity index (χ2v) is 8.47. The second kappa shape index (κ2) is 9.46. The first-order valence-corrected chi connectivity index (χ1v) is 11.4. The Balaban J connectivity index is 1.29. The van der Waals surface area contributed by atoms with Gasteiger partial charge in [0.1, 0.15) is 11.6 Å². The predicted octanol–water partition coefficient (Wildman–Crippen LogP) is 3.46. The van der Waals surface area contributed by atoms with Crippen molar-refractivity contribution >= 4 is 17.6 Å². The maximum absolute atomic E-state index is 12.8. The number of hydrogen-bond acceptors (Lipinski definition) is 5. The molecule has 2 amide bonds. The highest BCUT2D eigenvalue weighted by Gasteiger charge is 2.26. The van der Waals surface area contributed by atoms with Gasteiger partial charge in [-0.15, -0.1) is 0 Å². The maximum atomic E-state index is 12.8. The fraction of sp³-hybridized carbons (Fsp3) is 0.231. The van der Waals surface area contributed by atoms with Crippen molar-refractivity contribution in [3.63, 3.8) is 0 Å². The molecule has 0 radical (unpaired) electrons. The first-order chi connectivity index (χ1) is 17.0. The van der Waals surface area contributed by atoms with Crippen LogP contribution in [-0.4, -0.2) is 38.9 Å². The number of aromatic amines is 1. The van der Waals surface area contributed by atoms with Gasteiger partial charge in [-0.2, -0.15) is 10.2 Å². The summed E-state index contributed by atoms with van der Waals surface area (Å²) in [4.78, 5) is 27.1. The summed E-state index contributed by atoms with van der Waals surface area (Å²) in [5, 5.41) is 14.4. The van der Waals surface area contributed by atoms with Crippen LogP contribution >= 0.6 is 0 Å². The molecule has 0 fully saturated rings. The van der Waals surface area contributed by atoms with E-state index in [1.165, 1.54) is 0 Å². The topological polar surface area (TPSA) is 105 Å². The number of aromatic nitrogens is 4. The summed E-state index contributed by atoms with van der Waals surface area (Å²) in [6.45, 7) is 3.28. The highest BCUT2D eigenvalue weighted by Crippen LogP contribution is 2.30. The predicted molar refractivity (Wildman–Crippen MR) is 131 cm³/mol. The summed E-state index contributed by atoms with van der Waals surface area (Å²) in [6.07, 6.45) is 2.10. The van der Waals surface area contributed by atoms with Crippen LogP contribution in [0.15, 0.2) is 60.8 Å². The average molecular weight is 471 g/mol. The number of carbonyl (C=O) groups excluding carboxylic acids is 2. The monoisotopic (exact) mass is 470 g/mol. The second-order valence-electron chi connectivity index (χ2n) is 8.47. The zero-order valence-corrected chi connectivity index (χ0v) is 19.6. The minimum absolute atomic E-state index is 0.0518. The van der Waals surface area contributed by atoms with Gasteiger partial charge in [-0.05, 0) is 48.9 Å². The van der Waals surface area contributed by atoms with Crippen molar-refractivity contribution in [1.29, 1.82) is 0 Å². The van der Waals surface area contributed by atoms with Crippen molar-refractivity contribution in [2.45, 2.75) is 33.0 Å². The number of methoxy groups -OCH3 is 1. The van der Waals surface area contributed by atoms with Crippen molar-refractivity contribution in [2.24, 2.45) is 0 Å². The summed E-state index contributed by atoms with van der Waals surface area (Å²) < 4.78 is 7.11. The third-order valence-electron chi connectivity index (χ3n) is 6.19. The van der Waals surface area contributed by atoms with Crippen LogP contribution in [0.1, 0.15) is 33.6 Å². The number of aryl methyl sites for hydroxylation is 2. The van der Waals surface area contributed by atoms with E-state index in [2.05, 4.69) is 15.5 Å². The highest BCUT2D eigenvalue weighted by atomic mass is 16.5. The average Bonchev–Trinajstić information content (AvgIpc) is 3.51. The number of amides is 2. The minimum atomic E-state index is -0.159. The number of benzene rings is 2. The molecule has 0 bridgehead atoms. The van der Waals surface area contributed by atoms with Crippen LogP contribution in [0.4, 0.5) is 5.82 Å². The molecule has 0 spiro atoms. The number of anilines is 1. The molecule has 0 saturated carbocycles. The fourth-order valence-electron chi connectivity index (χ4n) is 4.10. The molecule has 2 N–H and O–H groups in total. The van der Waals surface area contributed by atoms with Crippen LogP contribution in [0, 0.1) is 6.92 Å². The number of hydrogen-bond donors (Lipinski definition) is 2. The molecule has 178 valence electrons. The summed E-state index contributed by atoms with van der Waals surface area (Å²) in [6, 6.07) is 17.0. The molecular weight excluding hydrogens is 444 g/mol. The molecule has 9 nitrogen and oxygen atoms in total. The van der Waals surface area contributed by atoms with E-state index in [0.717, 1.165) is 39.6 Å². The Hall–Kier alpha value is -4.40. The summed E-state index contributed by atoms with van der Waals surface area (Å²) in [5.41, 5.74) is 5.14. The van der Waals surface area contributed by atoms with E-state index in [0.29, 0.717) is 31.6 Å². The number of fused-ring (bicyclic) bond motifs is 1. The number of ether oxygens (including phenoxy) is 1. The molecule has 1 aliphatic heterocycles.